The lowest BCUT2D eigenvalue weighted by molar-refractivity contribution is -0.136. The number of hydrogen-bond donors (Lipinski definition) is 2. The zero-order valence-electron chi connectivity index (χ0n) is 7.78. The van der Waals surface area contributed by atoms with Crippen molar-refractivity contribution >= 4 is 17.7 Å². The van der Waals surface area contributed by atoms with Gasteiger partial charge >= 0.3 is 5.97 Å². The fraction of sp³-hybridized carbons (Fsp3) is 0.875. The summed E-state index contributed by atoms with van der Waals surface area (Å²) in [6.45, 7) is 6.39. The van der Waals surface area contributed by atoms with Crippen LogP contribution in [0.4, 0.5) is 0 Å². The zero-order chi connectivity index (χ0) is 9.72. The Labute approximate surface area is 77.7 Å². The molecular formula is C8H17NO2S. The van der Waals surface area contributed by atoms with Crippen LogP contribution in [0.2, 0.25) is 0 Å². The summed E-state index contributed by atoms with van der Waals surface area (Å²) < 4.78 is 0. The van der Waals surface area contributed by atoms with Gasteiger partial charge in [0, 0.05) is 11.8 Å². The third kappa shape index (κ3) is 3.97. The second-order valence-electron chi connectivity index (χ2n) is 3.15. The fourth-order valence-electron chi connectivity index (χ4n) is 0.631. The number of thioether (sulfide) groups is 1. The minimum absolute atomic E-state index is 0.205. The van der Waals surface area contributed by atoms with Crippen LogP contribution in [0.3, 0.4) is 0 Å². The molecule has 0 bridgehead atoms. The maximum Gasteiger partial charge on any atom is 0.317 e. The topological polar surface area (TPSA) is 63.3 Å². The third-order valence-corrected chi connectivity index (χ3v) is 3.50. The normalized spacial score (nSPS) is 16.1. The van der Waals surface area contributed by atoms with Gasteiger partial charge in [0.05, 0.1) is 0 Å². The van der Waals surface area contributed by atoms with E-state index < -0.39 is 11.2 Å². The van der Waals surface area contributed by atoms with Gasteiger partial charge in [-0.25, -0.2) is 0 Å². The van der Waals surface area contributed by atoms with Crippen molar-refractivity contribution in [3.05, 3.63) is 0 Å². The smallest absolute Gasteiger partial charge is 0.317 e. The third-order valence-electron chi connectivity index (χ3n) is 1.81. The van der Waals surface area contributed by atoms with Gasteiger partial charge in [-0.1, -0.05) is 20.8 Å². The number of carboxylic acids is 1. The molecule has 3 nitrogen and oxygen atoms in total. The molecule has 0 aromatic rings. The van der Waals surface area contributed by atoms with Crippen molar-refractivity contribution < 1.29 is 9.90 Å². The number of hydrogen-bond acceptors (Lipinski definition) is 3. The van der Waals surface area contributed by atoms with E-state index in [0.29, 0.717) is 11.2 Å². The Hall–Kier alpha value is -0.220. The number of nitrogens with two attached hydrogens (primary N) is 1. The first-order valence-corrected chi connectivity index (χ1v) is 5.01. The molecule has 0 aliphatic heterocycles. The summed E-state index contributed by atoms with van der Waals surface area (Å²) >= 11 is 1.44. The van der Waals surface area contributed by atoms with Crippen LogP contribution in [-0.2, 0) is 4.79 Å². The molecule has 0 saturated heterocycles. The SMILES string of the molecule is CC(C)C(C)SC(CN)C(=O)O. The highest BCUT2D eigenvalue weighted by atomic mass is 32.2. The molecule has 0 rings (SSSR count). The highest BCUT2D eigenvalue weighted by molar-refractivity contribution is 8.01. The number of aliphatic carboxylic acids is 1. The highest BCUT2D eigenvalue weighted by Crippen LogP contribution is 2.23. The van der Waals surface area contributed by atoms with E-state index in [1.54, 1.807) is 0 Å². The maximum absolute atomic E-state index is 10.6. The standard InChI is InChI=1S/C8H17NO2S/c1-5(2)6(3)12-7(4-9)8(10)11/h5-7H,4,9H2,1-3H3,(H,10,11). The Morgan fingerprint density at radius 3 is 2.25 bits per heavy atom. The van der Waals surface area contributed by atoms with Crippen molar-refractivity contribution in [1.82, 2.24) is 0 Å². The predicted molar refractivity (Wildman–Crippen MR) is 52.4 cm³/mol. The van der Waals surface area contributed by atoms with Gasteiger partial charge in [0.1, 0.15) is 5.25 Å². The molecule has 2 atom stereocenters. The molecule has 3 N–H and O–H groups in total. The average Bonchev–Trinajstić information content (AvgIpc) is 1.98. The van der Waals surface area contributed by atoms with Crippen molar-refractivity contribution in [2.24, 2.45) is 11.7 Å². The van der Waals surface area contributed by atoms with Crippen molar-refractivity contribution in [2.75, 3.05) is 6.54 Å². The minimum Gasteiger partial charge on any atom is -0.480 e. The van der Waals surface area contributed by atoms with Gasteiger partial charge in [-0.3, -0.25) is 4.79 Å². The summed E-state index contributed by atoms with van der Waals surface area (Å²) in [5, 5.41) is 8.59. The monoisotopic (exact) mass is 191 g/mol. The molecule has 0 amide bonds. The van der Waals surface area contributed by atoms with E-state index in [1.165, 1.54) is 11.8 Å². The van der Waals surface area contributed by atoms with Gasteiger partial charge in [-0.15, -0.1) is 11.8 Å². The van der Waals surface area contributed by atoms with Gasteiger partial charge in [-0.2, -0.15) is 0 Å². The largest absolute Gasteiger partial charge is 0.480 e. The first-order valence-electron chi connectivity index (χ1n) is 4.07. The molecule has 12 heavy (non-hydrogen) atoms. The molecule has 0 aliphatic rings. The van der Waals surface area contributed by atoms with Gasteiger partial charge in [0.15, 0.2) is 0 Å². The summed E-state index contributed by atoms with van der Waals surface area (Å²) in [5.41, 5.74) is 5.32. The minimum atomic E-state index is -0.810. The Morgan fingerprint density at radius 2 is 2.00 bits per heavy atom. The molecule has 4 heteroatoms. The fourth-order valence-corrected chi connectivity index (χ4v) is 1.69. The molecule has 0 aliphatic carbocycles. The van der Waals surface area contributed by atoms with Crippen LogP contribution in [0, 0.1) is 5.92 Å². The summed E-state index contributed by atoms with van der Waals surface area (Å²) in [6, 6.07) is 0. The molecule has 0 radical (unpaired) electrons. The predicted octanol–water partition coefficient (Wildman–Crippen LogP) is 1.18. The second-order valence-corrected chi connectivity index (χ2v) is 4.73. The van der Waals surface area contributed by atoms with E-state index in [4.69, 9.17) is 10.8 Å². The van der Waals surface area contributed by atoms with E-state index in [-0.39, 0.29) is 6.54 Å². The molecule has 0 fully saturated rings. The Bertz CT molecular complexity index is 150. The molecule has 72 valence electrons. The van der Waals surface area contributed by atoms with E-state index in [1.807, 2.05) is 6.92 Å². The lowest BCUT2D eigenvalue weighted by Crippen LogP contribution is -2.28. The van der Waals surface area contributed by atoms with E-state index >= 15 is 0 Å². The Kier molecular flexibility index (Phi) is 5.33. The quantitative estimate of drug-likeness (QED) is 0.685. The Morgan fingerprint density at radius 1 is 1.50 bits per heavy atom. The summed E-state index contributed by atoms with van der Waals surface area (Å²) in [5.74, 6) is -0.321. The lowest BCUT2D eigenvalue weighted by atomic mass is 10.2. The van der Waals surface area contributed by atoms with Crippen LogP contribution < -0.4 is 5.73 Å². The van der Waals surface area contributed by atoms with E-state index in [0.717, 1.165) is 0 Å². The average molecular weight is 191 g/mol. The van der Waals surface area contributed by atoms with Crippen LogP contribution in [-0.4, -0.2) is 28.1 Å². The lowest BCUT2D eigenvalue weighted by Gasteiger charge is -2.18. The van der Waals surface area contributed by atoms with Crippen LogP contribution >= 0.6 is 11.8 Å². The van der Waals surface area contributed by atoms with Gasteiger partial charge in [0.25, 0.3) is 0 Å². The summed E-state index contributed by atoms with van der Waals surface area (Å²) in [6.07, 6.45) is 0. The van der Waals surface area contributed by atoms with Crippen molar-refractivity contribution in [3.63, 3.8) is 0 Å². The number of carbonyl (C=O) groups is 1. The van der Waals surface area contributed by atoms with Gasteiger partial charge in [-0.05, 0) is 5.92 Å². The van der Waals surface area contributed by atoms with Crippen LogP contribution in [0.5, 0.6) is 0 Å². The van der Waals surface area contributed by atoms with E-state index in [2.05, 4.69) is 13.8 Å². The molecule has 0 saturated carbocycles. The maximum atomic E-state index is 10.6. The molecule has 0 aromatic heterocycles. The van der Waals surface area contributed by atoms with Crippen molar-refractivity contribution in [1.29, 1.82) is 0 Å². The molecule has 0 heterocycles. The number of rotatable bonds is 5. The zero-order valence-corrected chi connectivity index (χ0v) is 8.60. The summed E-state index contributed by atoms with van der Waals surface area (Å²) in [7, 11) is 0. The van der Waals surface area contributed by atoms with Crippen LogP contribution in [0.25, 0.3) is 0 Å². The molecule has 0 spiro atoms. The Balaban J connectivity index is 3.94. The van der Waals surface area contributed by atoms with Crippen LogP contribution in [0.15, 0.2) is 0 Å². The van der Waals surface area contributed by atoms with Gasteiger partial charge < -0.3 is 10.8 Å². The first kappa shape index (κ1) is 11.8. The summed E-state index contributed by atoms with van der Waals surface area (Å²) in [4.78, 5) is 10.6. The highest BCUT2D eigenvalue weighted by Gasteiger charge is 2.20. The second kappa shape index (κ2) is 5.43. The van der Waals surface area contributed by atoms with Gasteiger partial charge in [0.2, 0.25) is 0 Å². The van der Waals surface area contributed by atoms with Crippen molar-refractivity contribution in [3.8, 4) is 0 Å². The molecule has 0 aromatic carbocycles. The molecular weight excluding hydrogens is 174 g/mol. The first-order chi connectivity index (χ1) is 5.49. The molecule has 2 unspecified atom stereocenters. The van der Waals surface area contributed by atoms with Crippen LogP contribution in [0.1, 0.15) is 20.8 Å². The van der Waals surface area contributed by atoms with Crippen molar-refractivity contribution in [2.45, 2.75) is 31.3 Å². The van der Waals surface area contributed by atoms with E-state index in [9.17, 15) is 4.79 Å². The number of carboxylic acid groups (broad SMARTS) is 1.